The molecule has 1 aliphatic carbocycles. The van der Waals surface area contributed by atoms with Crippen LogP contribution in [0.3, 0.4) is 0 Å². The van der Waals surface area contributed by atoms with Crippen molar-refractivity contribution < 1.29 is 0 Å². The number of rotatable bonds is 5. The van der Waals surface area contributed by atoms with Gasteiger partial charge in [0.1, 0.15) is 0 Å². The van der Waals surface area contributed by atoms with E-state index in [2.05, 4.69) is 46.6 Å². The number of hydrogen-bond acceptors (Lipinski definition) is 2. The number of nitrogens with two attached hydrogens (primary N) is 1. The van der Waals surface area contributed by atoms with Gasteiger partial charge in [0, 0.05) is 12.1 Å². The minimum absolute atomic E-state index is 0.355. The zero-order valence-electron chi connectivity index (χ0n) is 14.1. The first-order valence-electron chi connectivity index (χ1n) is 8.17. The summed E-state index contributed by atoms with van der Waals surface area (Å²) in [7, 11) is 2.29. The molecule has 0 aliphatic heterocycles. The molecule has 1 unspecified atom stereocenters. The smallest absolute Gasteiger partial charge is 0.00924 e. The minimum Gasteiger partial charge on any atom is -0.327 e. The van der Waals surface area contributed by atoms with Gasteiger partial charge in [0.05, 0.1) is 0 Å². The molecule has 0 aromatic rings. The fourth-order valence-corrected chi connectivity index (χ4v) is 3.25. The van der Waals surface area contributed by atoms with Crippen molar-refractivity contribution >= 4 is 0 Å². The predicted octanol–water partition coefficient (Wildman–Crippen LogP) is 3.90. The predicted molar refractivity (Wildman–Crippen MR) is 85.3 cm³/mol. The van der Waals surface area contributed by atoms with Gasteiger partial charge in [-0.05, 0) is 62.9 Å². The van der Waals surface area contributed by atoms with Crippen molar-refractivity contribution in [3.05, 3.63) is 0 Å². The topological polar surface area (TPSA) is 29.3 Å². The van der Waals surface area contributed by atoms with Crippen LogP contribution in [0.25, 0.3) is 0 Å². The van der Waals surface area contributed by atoms with Gasteiger partial charge in [0.15, 0.2) is 0 Å². The Labute approximate surface area is 121 Å². The van der Waals surface area contributed by atoms with E-state index in [0.29, 0.717) is 17.4 Å². The van der Waals surface area contributed by atoms with Crippen molar-refractivity contribution in [2.24, 2.45) is 23.0 Å². The van der Waals surface area contributed by atoms with E-state index in [1.54, 1.807) is 0 Å². The largest absolute Gasteiger partial charge is 0.327 e. The molecule has 19 heavy (non-hydrogen) atoms. The molecule has 1 fully saturated rings. The third kappa shape index (κ3) is 5.43. The zero-order valence-corrected chi connectivity index (χ0v) is 14.1. The van der Waals surface area contributed by atoms with Crippen LogP contribution >= 0.6 is 0 Å². The molecule has 2 nitrogen and oxygen atoms in total. The van der Waals surface area contributed by atoms with Gasteiger partial charge in [-0.25, -0.2) is 0 Å². The molecule has 2 N–H and O–H groups in total. The van der Waals surface area contributed by atoms with E-state index in [-0.39, 0.29) is 0 Å². The quantitative estimate of drug-likeness (QED) is 0.819. The Balaban J connectivity index is 2.31. The van der Waals surface area contributed by atoms with E-state index in [1.165, 1.54) is 25.7 Å². The van der Waals surface area contributed by atoms with Gasteiger partial charge in [0.2, 0.25) is 0 Å². The Kier molecular flexibility index (Phi) is 6.32. The van der Waals surface area contributed by atoms with E-state index >= 15 is 0 Å². The minimum atomic E-state index is 0.355. The highest BCUT2D eigenvalue weighted by atomic mass is 15.1. The maximum atomic E-state index is 6.15. The highest BCUT2D eigenvalue weighted by Gasteiger charge is 2.30. The van der Waals surface area contributed by atoms with Gasteiger partial charge < -0.3 is 10.6 Å². The fraction of sp³-hybridized carbons (Fsp3) is 1.00. The van der Waals surface area contributed by atoms with Crippen LogP contribution in [0.15, 0.2) is 0 Å². The van der Waals surface area contributed by atoms with Gasteiger partial charge in [0.25, 0.3) is 0 Å². The summed E-state index contributed by atoms with van der Waals surface area (Å²) < 4.78 is 0. The second kappa shape index (κ2) is 7.08. The molecule has 1 aliphatic rings. The van der Waals surface area contributed by atoms with E-state index in [0.717, 1.165) is 24.9 Å². The highest BCUT2D eigenvalue weighted by Crippen LogP contribution is 2.38. The lowest BCUT2D eigenvalue weighted by Gasteiger charge is -2.40. The van der Waals surface area contributed by atoms with Gasteiger partial charge in [-0.2, -0.15) is 0 Å². The Morgan fingerprint density at radius 1 is 1.11 bits per heavy atom. The van der Waals surface area contributed by atoms with Crippen molar-refractivity contribution in [2.45, 2.75) is 78.8 Å². The average molecular weight is 268 g/mol. The van der Waals surface area contributed by atoms with E-state index in [4.69, 9.17) is 5.73 Å². The lowest BCUT2D eigenvalue weighted by atomic mass is 9.71. The summed E-state index contributed by atoms with van der Waals surface area (Å²) in [4.78, 5) is 2.56. The second-order valence-corrected chi connectivity index (χ2v) is 8.05. The van der Waals surface area contributed by atoms with E-state index in [9.17, 15) is 0 Å². The summed E-state index contributed by atoms with van der Waals surface area (Å²) in [6.07, 6.45) is 6.67. The summed E-state index contributed by atoms with van der Waals surface area (Å²) in [5.74, 6) is 1.51. The van der Waals surface area contributed by atoms with Crippen LogP contribution in [0.4, 0.5) is 0 Å². The molecule has 0 amide bonds. The summed E-state index contributed by atoms with van der Waals surface area (Å²) in [6.45, 7) is 12.8. The highest BCUT2D eigenvalue weighted by molar-refractivity contribution is 4.84. The molecule has 0 radical (unpaired) electrons. The van der Waals surface area contributed by atoms with Crippen LogP contribution in [-0.4, -0.2) is 30.6 Å². The molecule has 1 rings (SSSR count). The van der Waals surface area contributed by atoms with Crippen LogP contribution in [0.5, 0.6) is 0 Å². The van der Waals surface area contributed by atoms with Crippen molar-refractivity contribution in [3.8, 4) is 0 Å². The van der Waals surface area contributed by atoms with Crippen molar-refractivity contribution in [1.29, 1.82) is 0 Å². The molecular formula is C17H36N2. The van der Waals surface area contributed by atoms with E-state index in [1.807, 2.05) is 0 Å². The zero-order chi connectivity index (χ0) is 14.6. The van der Waals surface area contributed by atoms with Gasteiger partial charge >= 0.3 is 0 Å². The summed E-state index contributed by atoms with van der Waals surface area (Å²) in [6, 6.07) is 1.14. The first-order chi connectivity index (χ1) is 8.71. The first kappa shape index (κ1) is 17.0. The Hall–Kier alpha value is -0.0800. The van der Waals surface area contributed by atoms with Gasteiger partial charge in [-0.1, -0.05) is 34.6 Å². The molecule has 0 saturated heterocycles. The molecule has 1 saturated carbocycles. The summed E-state index contributed by atoms with van der Waals surface area (Å²) in [5, 5.41) is 0. The maximum absolute atomic E-state index is 6.15. The molecule has 2 heteroatoms. The van der Waals surface area contributed by atoms with Gasteiger partial charge in [-0.3, -0.25) is 0 Å². The molecule has 1 atom stereocenters. The van der Waals surface area contributed by atoms with Crippen molar-refractivity contribution in [3.63, 3.8) is 0 Å². The molecule has 0 aromatic carbocycles. The monoisotopic (exact) mass is 268 g/mol. The van der Waals surface area contributed by atoms with Crippen LogP contribution in [0, 0.1) is 17.3 Å². The fourth-order valence-electron chi connectivity index (χ4n) is 3.25. The van der Waals surface area contributed by atoms with Crippen LogP contribution < -0.4 is 5.73 Å². The molecule has 0 spiro atoms. The third-order valence-corrected chi connectivity index (χ3v) is 5.22. The van der Waals surface area contributed by atoms with Crippen molar-refractivity contribution in [1.82, 2.24) is 4.90 Å². The summed E-state index contributed by atoms with van der Waals surface area (Å²) in [5.41, 5.74) is 6.64. The summed E-state index contributed by atoms with van der Waals surface area (Å²) >= 11 is 0. The molecule has 114 valence electrons. The SMILES string of the molecule is CC(C)C(N)CCN(C)C1CCC(C(C)(C)C)CC1. The van der Waals surface area contributed by atoms with E-state index < -0.39 is 0 Å². The Bertz CT molecular complexity index is 246. The lowest BCUT2D eigenvalue weighted by Crippen LogP contribution is -2.40. The molecule has 0 aromatic heterocycles. The van der Waals surface area contributed by atoms with Gasteiger partial charge in [-0.15, -0.1) is 0 Å². The molecular weight excluding hydrogens is 232 g/mol. The maximum Gasteiger partial charge on any atom is 0.00924 e. The number of hydrogen-bond donors (Lipinski definition) is 1. The van der Waals surface area contributed by atoms with Crippen LogP contribution in [-0.2, 0) is 0 Å². The third-order valence-electron chi connectivity index (χ3n) is 5.22. The Morgan fingerprint density at radius 3 is 2.05 bits per heavy atom. The Morgan fingerprint density at radius 2 is 1.63 bits per heavy atom. The lowest BCUT2D eigenvalue weighted by molar-refractivity contribution is 0.108. The van der Waals surface area contributed by atoms with Crippen LogP contribution in [0.1, 0.15) is 66.7 Å². The van der Waals surface area contributed by atoms with Crippen molar-refractivity contribution in [2.75, 3.05) is 13.6 Å². The first-order valence-corrected chi connectivity index (χ1v) is 8.17. The normalized spacial score (nSPS) is 27.0. The van der Waals surface area contributed by atoms with Crippen LogP contribution in [0.2, 0.25) is 0 Å². The molecule has 0 bridgehead atoms. The number of nitrogens with zero attached hydrogens (tertiary/aromatic N) is 1. The standard InChI is InChI=1S/C17H36N2/c1-13(2)16(18)11-12-19(6)15-9-7-14(8-10-15)17(3,4)5/h13-16H,7-12,18H2,1-6H3. The average Bonchev–Trinajstić information content (AvgIpc) is 2.34. The molecule has 0 heterocycles. The second-order valence-electron chi connectivity index (χ2n) is 8.05.